The monoisotopic (exact) mass is 438 g/mol. The first-order chi connectivity index (χ1) is 15.6. The number of hydrogen-bond donors (Lipinski definition) is 4. The van der Waals surface area contributed by atoms with Crippen LogP contribution in [0, 0.1) is 5.92 Å². The van der Waals surface area contributed by atoms with E-state index in [-0.39, 0.29) is 6.10 Å². The fourth-order valence-corrected chi connectivity index (χ4v) is 4.81. The van der Waals surface area contributed by atoms with Crippen LogP contribution >= 0.6 is 0 Å². The second-order valence-corrected chi connectivity index (χ2v) is 9.55. The molecule has 0 spiro atoms. The van der Waals surface area contributed by atoms with Crippen molar-refractivity contribution in [2.24, 2.45) is 5.92 Å². The molecule has 2 aliphatic rings. The van der Waals surface area contributed by atoms with Gasteiger partial charge in [0.1, 0.15) is 5.82 Å². The minimum absolute atomic E-state index is 0.172. The molecule has 32 heavy (non-hydrogen) atoms. The lowest BCUT2D eigenvalue weighted by Gasteiger charge is -2.27. The van der Waals surface area contributed by atoms with Crippen molar-refractivity contribution < 1.29 is 5.11 Å². The summed E-state index contributed by atoms with van der Waals surface area (Å²) in [5, 5.41) is 20.4. The first kappa shape index (κ1) is 22.9. The van der Waals surface area contributed by atoms with Crippen molar-refractivity contribution in [3.63, 3.8) is 0 Å². The van der Waals surface area contributed by atoms with Gasteiger partial charge in [-0.25, -0.2) is 4.98 Å². The molecule has 1 saturated heterocycles. The standard InChI is InChI=1S/C25H38N6O/c1-3-4-17(2)29-25-28-16-22(24(31-25)30-20-6-8-21(32)9-7-20)23-10-5-18(15-27-23)13-19-11-12-26-14-19/h5,10,15-17,19-21,26,32H,3-4,6-9,11-14H2,1-2H3,(H2,28,29,30,31)/t17-,19+,20?,21?/m0/s1. The number of rotatable bonds is 9. The van der Waals surface area contributed by atoms with Crippen LogP contribution in [0.15, 0.2) is 24.5 Å². The summed E-state index contributed by atoms with van der Waals surface area (Å²) in [6, 6.07) is 4.92. The van der Waals surface area contributed by atoms with Gasteiger partial charge in [-0.3, -0.25) is 4.98 Å². The molecule has 0 aromatic carbocycles. The Morgan fingerprint density at radius 2 is 1.97 bits per heavy atom. The van der Waals surface area contributed by atoms with Gasteiger partial charge < -0.3 is 21.1 Å². The van der Waals surface area contributed by atoms with Gasteiger partial charge in [0.05, 0.1) is 17.4 Å². The largest absolute Gasteiger partial charge is 0.393 e. The molecule has 2 aromatic heterocycles. The SMILES string of the molecule is CCC[C@H](C)Nc1ncc(-c2ccc(C[C@H]3CCNC3)cn2)c(NC2CCC(O)CC2)n1. The van der Waals surface area contributed by atoms with Crippen LogP contribution in [0.4, 0.5) is 11.8 Å². The molecule has 174 valence electrons. The Labute approximate surface area is 191 Å². The summed E-state index contributed by atoms with van der Waals surface area (Å²) in [6.07, 6.45) is 11.8. The lowest BCUT2D eigenvalue weighted by atomic mass is 9.93. The molecular weight excluding hydrogens is 400 g/mol. The third kappa shape index (κ3) is 6.17. The molecule has 2 atom stereocenters. The minimum atomic E-state index is -0.172. The highest BCUT2D eigenvalue weighted by Gasteiger charge is 2.22. The van der Waals surface area contributed by atoms with E-state index in [1.165, 1.54) is 12.0 Å². The van der Waals surface area contributed by atoms with Crippen LogP contribution in [0.3, 0.4) is 0 Å². The van der Waals surface area contributed by atoms with E-state index in [1.54, 1.807) is 0 Å². The Morgan fingerprint density at radius 3 is 2.66 bits per heavy atom. The van der Waals surface area contributed by atoms with Crippen molar-refractivity contribution in [3.05, 3.63) is 30.1 Å². The molecule has 7 heteroatoms. The van der Waals surface area contributed by atoms with Gasteiger partial charge in [0, 0.05) is 24.5 Å². The van der Waals surface area contributed by atoms with Crippen molar-refractivity contribution in [2.75, 3.05) is 23.7 Å². The molecule has 0 unspecified atom stereocenters. The molecule has 0 bridgehead atoms. The Morgan fingerprint density at radius 1 is 1.12 bits per heavy atom. The normalized spacial score (nSPS) is 24.3. The predicted molar refractivity (Wildman–Crippen MR) is 130 cm³/mol. The zero-order chi connectivity index (χ0) is 22.3. The second kappa shape index (κ2) is 11.1. The van der Waals surface area contributed by atoms with Gasteiger partial charge in [-0.05, 0) is 82.5 Å². The van der Waals surface area contributed by atoms with E-state index in [4.69, 9.17) is 9.97 Å². The van der Waals surface area contributed by atoms with E-state index in [2.05, 4.69) is 46.9 Å². The van der Waals surface area contributed by atoms with Crippen molar-refractivity contribution in [1.29, 1.82) is 0 Å². The Balaban J connectivity index is 1.53. The summed E-state index contributed by atoms with van der Waals surface area (Å²) in [5.41, 5.74) is 3.11. The van der Waals surface area contributed by atoms with Crippen LogP contribution in [0.5, 0.6) is 0 Å². The summed E-state index contributed by atoms with van der Waals surface area (Å²) in [4.78, 5) is 14.2. The average molecular weight is 439 g/mol. The number of aliphatic hydroxyl groups excluding tert-OH is 1. The van der Waals surface area contributed by atoms with Gasteiger partial charge in [-0.2, -0.15) is 4.98 Å². The van der Waals surface area contributed by atoms with Gasteiger partial charge in [0.2, 0.25) is 5.95 Å². The highest BCUT2D eigenvalue weighted by atomic mass is 16.3. The third-order valence-corrected chi connectivity index (χ3v) is 6.71. The maximum atomic E-state index is 9.87. The van der Waals surface area contributed by atoms with Crippen LogP contribution in [-0.2, 0) is 6.42 Å². The predicted octanol–water partition coefficient (Wildman–Crippen LogP) is 4.01. The smallest absolute Gasteiger partial charge is 0.224 e. The topological polar surface area (TPSA) is 95.0 Å². The van der Waals surface area contributed by atoms with E-state index >= 15 is 0 Å². The fourth-order valence-electron chi connectivity index (χ4n) is 4.81. The lowest BCUT2D eigenvalue weighted by molar-refractivity contribution is 0.126. The molecule has 1 aliphatic heterocycles. The highest BCUT2D eigenvalue weighted by Crippen LogP contribution is 2.29. The minimum Gasteiger partial charge on any atom is -0.393 e. The summed E-state index contributed by atoms with van der Waals surface area (Å²) in [6.45, 7) is 6.57. The third-order valence-electron chi connectivity index (χ3n) is 6.71. The van der Waals surface area contributed by atoms with Crippen LogP contribution < -0.4 is 16.0 Å². The fraction of sp³-hybridized carbons (Fsp3) is 0.640. The first-order valence-electron chi connectivity index (χ1n) is 12.3. The van der Waals surface area contributed by atoms with Gasteiger partial charge in [0.15, 0.2) is 0 Å². The molecule has 0 radical (unpaired) electrons. The number of pyridine rings is 1. The molecule has 3 heterocycles. The Hall–Kier alpha value is -2.25. The van der Waals surface area contributed by atoms with Gasteiger partial charge >= 0.3 is 0 Å². The quantitative estimate of drug-likeness (QED) is 0.470. The van der Waals surface area contributed by atoms with E-state index < -0.39 is 0 Å². The number of hydrogen-bond acceptors (Lipinski definition) is 7. The molecule has 7 nitrogen and oxygen atoms in total. The zero-order valence-electron chi connectivity index (χ0n) is 19.5. The molecule has 2 aromatic rings. The maximum Gasteiger partial charge on any atom is 0.224 e. The maximum absolute atomic E-state index is 9.87. The lowest BCUT2D eigenvalue weighted by Crippen LogP contribution is -2.29. The van der Waals surface area contributed by atoms with Crippen LogP contribution in [-0.4, -0.2) is 51.3 Å². The number of anilines is 2. The van der Waals surface area contributed by atoms with Gasteiger partial charge in [-0.15, -0.1) is 0 Å². The summed E-state index contributed by atoms with van der Waals surface area (Å²) >= 11 is 0. The van der Waals surface area contributed by atoms with Gasteiger partial charge in [-0.1, -0.05) is 19.4 Å². The number of nitrogens with zero attached hydrogens (tertiary/aromatic N) is 3. The van der Waals surface area contributed by atoms with Crippen LogP contribution in [0.1, 0.15) is 64.4 Å². The molecule has 4 N–H and O–H groups in total. The molecule has 1 saturated carbocycles. The number of aromatic nitrogens is 3. The van der Waals surface area contributed by atoms with Gasteiger partial charge in [0.25, 0.3) is 0 Å². The Bertz CT molecular complexity index is 844. The van der Waals surface area contributed by atoms with E-state index in [0.29, 0.717) is 23.9 Å². The molecule has 2 fully saturated rings. The first-order valence-corrected chi connectivity index (χ1v) is 12.3. The molecule has 1 aliphatic carbocycles. The Kier molecular flexibility index (Phi) is 7.92. The second-order valence-electron chi connectivity index (χ2n) is 9.55. The van der Waals surface area contributed by atoms with Crippen molar-refractivity contribution in [1.82, 2.24) is 20.3 Å². The van der Waals surface area contributed by atoms with E-state index in [1.807, 2.05) is 12.4 Å². The average Bonchev–Trinajstić information content (AvgIpc) is 3.30. The zero-order valence-corrected chi connectivity index (χ0v) is 19.5. The van der Waals surface area contributed by atoms with Crippen LogP contribution in [0.25, 0.3) is 11.3 Å². The highest BCUT2D eigenvalue weighted by molar-refractivity contribution is 5.73. The summed E-state index contributed by atoms with van der Waals surface area (Å²) < 4.78 is 0. The van der Waals surface area contributed by atoms with E-state index in [9.17, 15) is 5.11 Å². The molecule has 0 amide bonds. The molecule has 4 rings (SSSR count). The van der Waals surface area contributed by atoms with Crippen molar-refractivity contribution in [2.45, 2.75) is 83.4 Å². The van der Waals surface area contributed by atoms with Crippen molar-refractivity contribution in [3.8, 4) is 11.3 Å². The summed E-state index contributed by atoms with van der Waals surface area (Å²) in [7, 11) is 0. The molecular formula is C25H38N6O. The number of aliphatic hydroxyl groups is 1. The number of nitrogens with one attached hydrogen (secondary N) is 3. The van der Waals surface area contributed by atoms with Crippen LogP contribution in [0.2, 0.25) is 0 Å². The van der Waals surface area contributed by atoms with Crippen molar-refractivity contribution >= 4 is 11.8 Å². The van der Waals surface area contributed by atoms with E-state index in [0.717, 1.165) is 75.1 Å². The summed E-state index contributed by atoms with van der Waals surface area (Å²) in [5.74, 6) is 2.19.